The molecule has 3 rings (SSSR count). The highest BCUT2D eigenvalue weighted by molar-refractivity contribution is 8.06. The van der Waals surface area contributed by atoms with Crippen LogP contribution in [0.5, 0.6) is 0 Å². The summed E-state index contributed by atoms with van der Waals surface area (Å²) in [7, 11) is 0. The zero-order valence-electron chi connectivity index (χ0n) is 12.1. The van der Waals surface area contributed by atoms with Gasteiger partial charge in [0.05, 0.1) is 6.04 Å². The summed E-state index contributed by atoms with van der Waals surface area (Å²) in [5.41, 5.74) is 0. The molecule has 0 aromatic heterocycles. The van der Waals surface area contributed by atoms with Crippen LogP contribution in [0, 0.1) is 5.92 Å². The third-order valence-corrected chi connectivity index (χ3v) is 7.70. The Balaban J connectivity index is 1.42. The Morgan fingerprint density at radius 1 is 1.15 bits per heavy atom. The van der Waals surface area contributed by atoms with Gasteiger partial charge in [-0.2, -0.15) is 23.5 Å². The molecule has 0 bridgehead atoms. The van der Waals surface area contributed by atoms with Crippen molar-refractivity contribution in [2.75, 3.05) is 23.8 Å². The van der Waals surface area contributed by atoms with Crippen LogP contribution in [0.1, 0.15) is 38.5 Å². The van der Waals surface area contributed by atoms with Gasteiger partial charge in [-0.3, -0.25) is 4.79 Å². The second-order valence-electron chi connectivity index (χ2n) is 6.26. The topological polar surface area (TPSA) is 41.1 Å². The second kappa shape index (κ2) is 7.41. The lowest BCUT2D eigenvalue weighted by molar-refractivity contribution is -0.124. The van der Waals surface area contributed by atoms with E-state index in [4.69, 9.17) is 0 Å². The van der Waals surface area contributed by atoms with Crippen molar-refractivity contribution in [2.24, 2.45) is 5.92 Å². The molecule has 1 amide bonds. The highest BCUT2D eigenvalue weighted by Gasteiger charge is 2.34. The third-order valence-electron chi connectivity index (χ3n) is 4.86. The average molecular weight is 315 g/mol. The Labute approximate surface area is 130 Å². The average Bonchev–Trinajstić information content (AvgIpc) is 2.53. The van der Waals surface area contributed by atoms with Gasteiger partial charge in [0.2, 0.25) is 5.91 Å². The number of nitrogens with one attached hydrogen (secondary N) is 2. The van der Waals surface area contributed by atoms with E-state index < -0.39 is 0 Å². The predicted octanol–water partition coefficient (Wildman–Crippen LogP) is 2.26. The van der Waals surface area contributed by atoms with E-state index in [0.717, 1.165) is 18.9 Å². The summed E-state index contributed by atoms with van der Waals surface area (Å²) < 4.78 is 0. The lowest BCUT2D eigenvalue weighted by atomic mass is 9.77. The smallest absolute Gasteiger partial charge is 0.237 e. The van der Waals surface area contributed by atoms with Gasteiger partial charge in [-0.05, 0) is 31.6 Å². The van der Waals surface area contributed by atoms with Crippen molar-refractivity contribution in [1.29, 1.82) is 0 Å². The van der Waals surface area contributed by atoms with Crippen LogP contribution in [0.3, 0.4) is 0 Å². The van der Waals surface area contributed by atoms with Crippen LogP contribution in [0.4, 0.5) is 0 Å². The van der Waals surface area contributed by atoms with Gasteiger partial charge < -0.3 is 10.6 Å². The number of fused-ring (bicyclic) bond motifs is 1. The number of carbonyl (C=O) groups excluding carboxylic acids is 1. The second-order valence-corrected chi connectivity index (χ2v) is 8.82. The molecule has 2 saturated heterocycles. The van der Waals surface area contributed by atoms with Crippen LogP contribution in [-0.4, -0.2) is 47.0 Å². The molecular formula is C15H26N2OS2. The molecule has 0 aromatic carbocycles. The Morgan fingerprint density at radius 3 is 2.90 bits per heavy atom. The van der Waals surface area contributed by atoms with Crippen LogP contribution in [0.25, 0.3) is 0 Å². The lowest BCUT2D eigenvalue weighted by Crippen LogP contribution is -2.55. The molecule has 2 aliphatic heterocycles. The first kappa shape index (κ1) is 15.0. The van der Waals surface area contributed by atoms with Crippen LogP contribution < -0.4 is 10.6 Å². The molecule has 3 aliphatic rings. The SMILES string of the molecule is O=C(NCC1CSCCS1)C1CCC2CCCCC2N1. The van der Waals surface area contributed by atoms with Crippen molar-refractivity contribution in [2.45, 2.75) is 55.9 Å². The molecule has 114 valence electrons. The molecule has 2 N–H and O–H groups in total. The van der Waals surface area contributed by atoms with Crippen molar-refractivity contribution in [3.63, 3.8) is 0 Å². The van der Waals surface area contributed by atoms with Crippen molar-refractivity contribution in [3.8, 4) is 0 Å². The Hall–Kier alpha value is 0.130. The molecule has 20 heavy (non-hydrogen) atoms. The van der Waals surface area contributed by atoms with E-state index in [1.54, 1.807) is 0 Å². The molecule has 0 radical (unpaired) electrons. The quantitative estimate of drug-likeness (QED) is 0.838. The number of piperidine rings is 1. The fourth-order valence-electron chi connectivity index (χ4n) is 3.69. The minimum atomic E-state index is 0.0654. The largest absolute Gasteiger partial charge is 0.354 e. The Morgan fingerprint density at radius 2 is 2.05 bits per heavy atom. The van der Waals surface area contributed by atoms with Gasteiger partial charge >= 0.3 is 0 Å². The molecule has 5 heteroatoms. The Bertz CT molecular complexity index is 334. The van der Waals surface area contributed by atoms with E-state index in [9.17, 15) is 4.79 Å². The van der Waals surface area contributed by atoms with Crippen molar-refractivity contribution in [1.82, 2.24) is 10.6 Å². The van der Waals surface area contributed by atoms with Crippen LogP contribution in [0.15, 0.2) is 0 Å². The van der Waals surface area contributed by atoms with E-state index in [-0.39, 0.29) is 11.9 Å². The van der Waals surface area contributed by atoms with Gasteiger partial charge in [-0.25, -0.2) is 0 Å². The third kappa shape index (κ3) is 3.86. The van der Waals surface area contributed by atoms with E-state index in [1.807, 2.05) is 23.5 Å². The minimum Gasteiger partial charge on any atom is -0.354 e. The summed E-state index contributed by atoms with van der Waals surface area (Å²) in [6.07, 6.45) is 7.61. The summed E-state index contributed by atoms with van der Waals surface area (Å²) >= 11 is 4.03. The molecule has 4 atom stereocenters. The van der Waals surface area contributed by atoms with Crippen LogP contribution >= 0.6 is 23.5 Å². The molecule has 1 saturated carbocycles. The molecule has 4 unspecified atom stereocenters. The van der Waals surface area contributed by atoms with Crippen molar-refractivity contribution >= 4 is 29.4 Å². The number of carbonyl (C=O) groups is 1. The maximum atomic E-state index is 12.3. The number of hydrogen-bond acceptors (Lipinski definition) is 4. The first-order chi connectivity index (χ1) is 9.83. The minimum absolute atomic E-state index is 0.0654. The predicted molar refractivity (Wildman–Crippen MR) is 88.5 cm³/mol. The van der Waals surface area contributed by atoms with Crippen molar-refractivity contribution < 1.29 is 4.79 Å². The van der Waals surface area contributed by atoms with E-state index in [0.29, 0.717) is 11.3 Å². The first-order valence-electron chi connectivity index (χ1n) is 8.06. The van der Waals surface area contributed by atoms with E-state index in [1.165, 1.54) is 49.4 Å². The monoisotopic (exact) mass is 314 g/mol. The molecule has 3 nitrogen and oxygen atoms in total. The van der Waals surface area contributed by atoms with Gasteiger partial charge in [-0.15, -0.1) is 0 Å². The molecule has 1 aliphatic carbocycles. The molecular weight excluding hydrogens is 288 g/mol. The van der Waals surface area contributed by atoms with Crippen LogP contribution in [0.2, 0.25) is 0 Å². The number of hydrogen-bond donors (Lipinski definition) is 2. The normalized spacial score (nSPS) is 38.0. The maximum absolute atomic E-state index is 12.3. The summed E-state index contributed by atoms with van der Waals surface area (Å²) in [5.74, 6) is 4.76. The zero-order chi connectivity index (χ0) is 13.8. The van der Waals surface area contributed by atoms with E-state index in [2.05, 4.69) is 10.6 Å². The fraction of sp³-hybridized carbons (Fsp3) is 0.933. The Kier molecular flexibility index (Phi) is 5.57. The zero-order valence-corrected chi connectivity index (χ0v) is 13.7. The van der Waals surface area contributed by atoms with Gasteiger partial charge in [-0.1, -0.05) is 12.8 Å². The van der Waals surface area contributed by atoms with Gasteiger partial charge in [0.25, 0.3) is 0 Å². The van der Waals surface area contributed by atoms with Gasteiger partial charge in [0, 0.05) is 35.1 Å². The first-order valence-corrected chi connectivity index (χ1v) is 10.3. The molecule has 3 fully saturated rings. The number of rotatable bonds is 3. The summed E-state index contributed by atoms with van der Waals surface area (Å²) in [5, 5.41) is 7.42. The highest BCUT2D eigenvalue weighted by Crippen LogP contribution is 2.32. The summed E-state index contributed by atoms with van der Waals surface area (Å²) in [4.78, 5) is 12.3. The standard InChI is InChI=1S/C15H26N2OS2/c18-15(16-9-12-10-19-7-8-20-12)14-6-5-11-3-1-2-4-13(11)17-14/h11-14,17H,1-10H2,(H,16,18). The highest BCUT2D eigenvalue weighted by atomic mass is 32.2. The molecule has 0 aromatic rings. The maximum Gasteiger partial charge on any atom is 0.237 e. The number of amides is 1. The van der Waals surface area contributed by atoms with Crippen LogP contribution in [-0.2, 0) is 4.79 Å². The number of thioether (sulfide) groups is 2. The molecule has 2 heterocycles. The fourth-order valence-corrected chi connectivity index (χ4v) is 6.31. The summed E-state index contributed by atoms with van der Waals surface area (Å²) in [6, 6.07) is 0.670. The van der Waals surface area contributed by atoms with Crippen molar-refractivity contribution in [3.05, 3.63) is 0 Å². The van der Waals surface area contributed by atoms with Gasteiger partial charge in [0.15, 0.2) is 0 Å². The summed E-state index contributed by atoms with van der Waals surface area (Å²) in [6.45, 7) is 0.850. The lowest BCUT2D eigenvalue weighted by Gasteiger charge is -2.40. The van der Waals surface area contributed by atoms with E-state index >= 15 is 0 Å². The molecule has 0 spiro atoms. The van der Waals surface area contributed by atoms with Gasteiger partial charge in [0.1, 0.15) is 0 Å².